The molecule has 3 aromatic carbocycles. The molecule has 0 atom stereocenters. The van der Waals surface area contributed by atoms with Crippen molar-refractivity contribution in [3.8, 4) is 11.5 Å². The second kappa shape index (κ2) is 6.88. The first kappa shape index (κ1) is 16.1. The summed E-state index contributed by atoms with van der Waals surface area (Å²) in [5.41, 5.74) is 2.02. The summed E-state index contributed by atoms with van der Waals surface area (Å²) in [4.78, 5) is 8.76. The van der Waals surface area contributed by atoms with Gasteiger partial charge in [0, 0.05) is 18.0 Å². The third kappa shape index (κ3) is 2.88. The molecule has 26 heavy (non-hydrogen) atoms. The maximum absolute atomic E-state index is 5.41. The molecule has 5 heteroatoms. The molecule has 4 aromatic rings. The SMILES string of the molecule is COc1cc2ncnc(NCc3cccc4ccccc34)c2cc1OC. The number of ether oxygens (including phenoxy) is 2. The first-order valence-electron chi connectivity index (χ1n) is 8.37. The van der Waals surface area contributed by atoms with Gasteiger partial charge < -0.3 is 14.8 Å². The second-order valence-electron chi connectivity index (χ2n) is 5.94. The van der Waals surface area contributed by atoms with E-state index in [9.17, 15) is 0 Å². The van der Waals surface area contributed by atoms with Crippen molar-refractivity contribution < 1.29 is 9.47 Å². The van der Waals surface area contributed by atoms with Gasteiger partial charge in [0.05, 0.1) is 19.7 Å². The van der Waals surface area contributed by atoms with Gasteiger partial charge >= 0.3 is 0 Å². The lowest BCUT2D eigenvalue weighted by Gasteiger charge is -2.13. The molecule has 130 valence electrons. The zero-order valence-corrected chi connectivity index (χ0v) is 14.7. The fourth-order valence-corrected chi connectivity index (χ4v) is 3.15. The van der Waals surface area contributed by atoms with Crippen molar-refractivity contribution in [2.75, 3.05) is 19.5 Å². The molecule has 5 nitrogen and oxygen atoms in total. The van der Waals surface area contributed by atoms with E-state index >= 15 is 0 Å². The quantitative estimate of drug-likeness (QED) is 0.580. The molecule has 0 saturated carbocycles. The average molecular weight is 345 g/mol. The molecule has 1 heterocycles. The Labute approximate surface area is 151 Å². The Morgan fingerprint density at radius 2 is 1.62 bits per heavy atom. The molecule has 1 N–H and O–H groups in total. The van der Waals surface area contributed by atoms with E-state index in [1.54, 1.807) is 20.5 Å². The summed E-state index contributed by atoms with van der Waals surface area (Å²) in [6.07, 6.45) is 1.56. The number of fused-ring (bicyclic) bond motifs is 2. The molecule has 0 amide bonds. The standard InChI is InChI=1S/C21H19N3O2/c1-25-19-10-17-18(11-20(19)26-2)23-13-24-21(17)22-12-15-8-5-7-14-6-3-4-9-16(14)15/h3-11,13H,12H2,1-2H3,(H,22,23,24). The number of benzene rings is 3. The predicted molar refractivity (Wildman–Crippen MR) is 104 cm³/mol. The Kier molecular flexibility index (Phi) is 4.27. The van der Waals surface area contributed by atoms with Crippen molar-refractivity contribution >= 4 is 27.5 Å². The number of nitrogens with zero attached hydrogens (tertiary/aromatic N) is 2. The Balaban J connectivity index is 1.71. The van der Waals surface area contributed by atoms with Gasteiger partial charge in [-0.05, 0) is 22.4 Å². The molecule has 0 spiro atoms. The van der Waals surface area contributed by atoms with Gasteiger partial charge in [0.15, 0.2) is 11.5 Å². The number of nitrogens with one attached hydrogen (secondary N) is 1. The van der Waals surface area contributed by atoms with Crippen molar-refractivity contribution in [2.24, 2.45) is 0 Å². The lowest BCUT2D eigenvalue weighted by Crippen LogP contribution is -2.03. The average Bonchev–Trinajstić information content (AvgIpc) is 2.71. The van der Waals surface area contributed by atoms with E-state index in [1.807, 2.05) is 12.1 Å². The zero-order valence-electron chi connectivity index (χ0n) is 14.7. The van der Waals surface area contributed by atoms with Crippen molar-refractivity contribution in [1.82, 2.24) is 9.97 Å². The minimum atomic E-state index is 0.652. The number of methoxy groups -OCH3 is 2. The predicted octanol–water partition coefficient (Wildman–Crippen LogP) is 4.41. The fraction of sp³-hybridized carbons (Fsp3) is 0.143. The van der Waals surface area contributed by atoms with Gasteiger partial charge in [0.25, 0.3) is 0 Å². The summed E-state index contributed by atoms with van der Waals surface area (Å²) >= 11 is 0. The summed E-state index contributed by atoms with van der Waals surface area (Å²) in [6.45, 7) is 0.668. The molecule has 0 aliphatic heterocycles. The van der Waals surface area contributed by atoms with Crippen LogP contribution in [0.2, 0.25) is 0 Å². The van der Waals surface area contributed by atoms with E-state index in [-0.39, 0.29) is 0 Å². The summed E-state index contributed by atoms with van der Waals surface area (Å²) in [7, 11) is 3.24. The van der Waals surface area contributed by atoms with Crippen molar-refractivity contribution in [3.05, 3.63) is 66.5 Å². The number of hydrogen-bond acceptors (Lipinski definition) is 5. The minimum Gasteiger partial charge on any atom is -0.493 e. The van der Waals surface area contributed by atoms with Crippen molar-refractivity contribution in [2.45, 2.75) is 6.54 Å². The van der Waals surface area contributed by atoms with E-state index in [4.69, 9.17) is 9.47 Å². The van der Waals surface area contributed by atoms with E-state index in [0.29, 0.717) is 18.0 Å². The van der Waals surface area contributed by atoms with Gasteiger partial charge in [-0.15, -0.1) is 0 Å². The molecule has 0 saturated heterocycles. The minimum absolute atomic E-state index is 0.652. The highest BCUT2D eigenvalue weighted by molar-refractivity contribution is 5.92. The zero-order chi connectivity index (χ0) is 17.9. The lowest BCUT2D eigenvalue weighted by atomic mass is 10.0. The fourth-order valence-electron chi connectivity index (χ4n) is 3.15. The molecular weight excluding hydrogens is 326 g/mol. The highest BCUT2D eigenvalue weighted by Gasteiger charge is 2.11. The first-order chi connectivity index (χ1) is 12.8. The van der Waals surface area contributed by atoms with Crippen LogP contribution < -0.4 is 14.8 Å². The second-order valence-corrected chi connectivity index (χ2v) is 5.94. The normalized spacial score (nSPS) is 10.8. The van der Waals surface area contributed by atoms with E-state index in [0.717, 1.165) is 16.7 Å². The van der Waals surface area contributed by atoms with Crippen LogP contribution in [0, 0.1) is 0 Å². The number of aromatic nitrogens is 2. The number of anilines is 1. The molecule has 4 rings (SSSR count). The molecule has 0 unspecified atom stereocenters. The van der Waals surface area contributed by atoms with Gasteiger partial charge in [-0.1, -0.05) is 42.5 Å². The van der Waals surface area contributed by atoms with Gasteiger partial charge in [-0.2, -0.15) is 0 Å². The Bertz CT molecular complexity index is 1070. The van der Waals surface area contributed by atoms with Crippen LogP contribution in [-0.2, 0) is 6.54 Å². The molecule has 0 bridgehead atoms. The molecule has 0 radical (unpaired) electrons. The maximum Gasteiger partial charge on any atom is 0.162 e. The van der Waals surface area contributed by atoms with E-state index in [2.05, 4.69) is 57.7 Å². The largest absolute Gasteiger partial charge is 0.493 e. The van der Waals surface area contributed by atoms with Crippen LogP contribution in [0.15, 0.2) is 60.9 Å². The Morgan fingerprint density at radius 3 is 2.46 bits per heavy atom. The van der Waals surface area contributed by atoms with Crippen LogP contribution in [0.1, 0.15) is 5.56 Å². The van der Waals surface area contributed by atoms with E-state index in [1.165, 1.54) is 16.3 Å². The highest BCUT2D eigenvalue weighted by Crippen LogP contribution is 2.33. The van der Waals surface area contributed by atoms with Crippen LogP contribution in [0.5, 0.6) is 11.5 Å². The molecule has 0 aliphatic carbocycles. The first-order valence-corrected chi connectivity index (χ1v) is 8.37. The van der Waals surface area contributed by atoms with E-state index < -0.39 is 0 Å². The maximum atomic E-state index is 5.41. The summed E-state index contributed by atoms with van der Waals surface area (Å²) in [6, 6.07) is 18.5. The summed E-state index contributed by atoms with van der Waals surface area (Å²) < 4.78 is 10.8. The van der Waals surface area contributed by atoms with Crippen molar-refractivity contribution in [1.29, 1.82) is 0 Å². The van der Waals surface area contributed by atoms with Gasteiger partial charge in [-0.3, -0.25) is 0 Å². The van der Waals surface area contributed by atoms with Crippen LogP contribution >= 0.6 is 0 Å². The third-order valence-corrected chi connectivity index (χ3v) is 4.47. The molecule has 1 aromatic heterocycles. The van der Waals surface area contributed by atoms with Crippen LogP contribution in [0.4, 0.5) is 5.82 Å². The summed E-state index contributed by atoms with van der Waals surface area (Å²) in [5, 5.41) is 6.80. The van der Waals surface area contributed by atoms with Crippen LogP contribution in [0.25, 0.3) is 21.7 Å². The Hall–Kier alpha value is -3.34. The highest BCUT2D eigenvalue weighted by atomic mass is 16.5. The monoisotopic (exact) mass is 345 g/mol. The van der Waals surface area contributed by atoms with Gasteiger partial charge in [0.1, 0.15) is 12.1 Å². The molecule has 0 fully saturated rings. The lowest BCUT2D eigenvalue weighted by molar-refractivity contribution is 0.356. The van der Waals surface area contributed by atoms with Gasteiger partial charge in [-0.25, -0.2) is 9.97 Å². The topological polar surface area (TPSA) is 56.3 Å². The van der Waals surface area contributed by atoms with Crippen LogP contribution in [0.3, 0.4) is 0 Å². The van der Waals surface area contributed by atoms with Crippen LogP contribution in [-0.4, -0.2) is 24.2 Å². The van der Waals surface area contributed by atoms with Gasteiger partial charge in [0.2, 0.25) is 0 Å². The number of rotatable bonds is 5. The molecular formula is C21H19N3O2. The Morgan fingerprint density at radius 1 is 0.846 bits per heavy atom. The molecule has 0 aliphatic rings. The third-order valence-electron chi connectivity index (χ3n) is 4.47. The van der Waals surface area contributed by atoms with Crippen molar-refractivity contribution in [3.63, 3.8) is 0 Å². The summed E-state index contributed by atoms with van der Waals surface area (Å²) in [5.74, 6) is 2.07. The number of hydrogen-bond donors (Lipinski definition) is 1. The smallest absolute Gasteiger partial charge is 0.162 e.